The van der Waals surface area contributed by atoms with Crippen molar-refractivity contribution in [2.75, 3.05) is 13.2 Å². The van der Waals surface area contributed by atoms with Gasteiger partial charge in [-0.1, -0.05) is 0 Å². The Morgan fingerprint density at radius 2 is 1.04 bits per heavy atom. The van der Waals surface area contributed by atoms with Gasteiger partial charge < -0.3 is 18.9 Å². The van der Waals surface area contributed by atoms with Gasteiger partial charge in [0.05, 0.1) is 24.4 Å². The molecule has 0 rings (SSSR count). The minimum atomic E-state index is -0.332. The molecular weight excluding hydrogens is 324 g/mol. The number of hydrogen-bond donors (Lipinski definition) is 0. The van der Waals surface area contributed by atoms with Gasteiger partial charge in [-0.25, -0.2) is 0 Å². The number of hydrogen-bond acceptors (Lipinski definition) is 6. The zero-order valence-corrected chi connectivity index (χ0v) is 17.1. The molecule has 0 aliphatic carbocycles. The lowest BCUT2D eigenvalue weighted by Crippen LogP contribution is -2.28. The van der Waals surface area contributed by atoms with Crippen molar-refractivity contribution in [3.63, 3.8) is 0 Å². The third-order valence-corrected chi connectivity index (χ3v) is 2.93. The van der Waals surface area contributed by atoms with Crippen LogP contribution in [-0.2, 0) is 28.5 Å². The van der Waals surface area contributed by atoms with Gasteiger partial charge >= 0.3 is 11.9 Å². The van der Waals surface area contributed by atoms with Gasteiger partial charge in [-0.2, -0.15) is 0 Å². The monoisotopic (exact) mass is 360 g/mol. The summed E-state index contributed by atoms with van der Waals surface area (Å²) >= 11 is 0. The van der Waals surface area contributed by atoms with Crippen molar-refractivity contribution in [3.8, 4) is 0 Å². The number of carbonyl (C=O) groups excluding carboxylic acids is 2. The topological polar surface area (TPSA) is 71.1 Å². The Kier molecular flexibility index (Phi) is 10.3. The lowest BCUT2D eigenvalue weighted by Gasteiger charge is -2.23. The van der Waals surface area contributed by atoms with Crippen LogP contribution in [0.3, 0.4) is 0 Å². The highest BCUT2D eigenvalue weighted by atomic mass is 16.6. The zero-order chi connectivity index (χ0) is 19.7. The number of rotatable bonds is 10. The molecule has 0 fully saturated rings. The second-order valence-electron chi connectivity index (χ2n) is 8.30. The molecule has 0 saturated carbocycles. The van der Waals surface area contributed by atoms with E-state index in [9.17, 15) is 9.59 Å². The summed E-state index contributed by atoms with van der Waals surface area (Å²) in [7, 11) is 0. The molecule has 0 aromatic heterocycles. The highest BCUT2D eigenvalue weighted by molar-refractivity contribution is 5.72. The van der Waals surface area contributed by atoms with Gasteiger partial charge in [0.2, 0.25) is 0 Å². The van der Waals surface area contributed by atoms with Crippen LogP contribution in [0.5, 0.6) is 0 Å². The molecule has 0 bridgehead atoms. The molecule has 0 aromatic rings. The van der Waals surface area contributed by atoms with Gasteiger partial charge in [-0.15, -0.1) is 0 Å². The van der Waals surface area contributed by atoms with Crippen molar-refractivity contribution in [2.45, 2.75) is 98.1 Å². The molecule has 2 unspecified atom stereocenters. The lowest BCUT2D eigenvalue weighted by atomic mass is 10.2. The molecule has 0 aliphatic heterocycles. The number of carbonyl (C=O) groups is 2. The van der Waals surface area contributed by atoms with Gasteiger partial charge in [-0.05, 0) is 61.8 Å². The van der Waals surface area contributed by atoms with Crippen LogP contribution in [0.4, 0.5) is 0 Å². The van der Waals surface area contributed by atoms with E-state index in [4.69, 9.17) is 18.9 Å². The highest BCUT2D eigenvalue weighted by Crippen LogP contribution is 2.11. The third kappa shape index (κ3) is 16.1. The maximum Gasteiger partial charge on any atom is 0.306 e. The molecular formula is C19H36O6. The van der Waals surface area contributed by atoms with Crippen molar-refractivity contribution in [1.82, 2.24) is 0 Å². The van der Waals surface area contributed by atoms with Crippen LogP contribution < -0.4 is 0 Å². The maximum atomic E-state index is 11.7. The zero-order valence-electron chi connectivity index (χ0n) is 17.1. The summed E-state index contributed by atoms with van der Waals surface area (Å²) in [5.41, 5.74) is -0.532. The van der Waals surface area contributed by atoms with Crippen LogP contribution in [0, 0.1) is 0 Å². The fraction of sp³-hybridized carbons (Fsp3) is 0.895. The molecule has 0 N–H and O–H groups in total. The predicted octanol–water partition coefficient (Wildman–Crippen LogP) is 3.65. The average Bonchev–Trinajstić information content (AvgIpc) is 2.41. The molecule has 0 heterocycles. The van der Waals surface area contributed by atoms with Crippen LogP contribution in [-0.4, -0.2) is 48.6 Å². The van der Waals surface area contributed by atoms with Crippen molar-refractivity contribution < 1.29 is 28.5 Å². The first-order valence-electron chi connectivity index (χ1n) is 8.95. The fourth-order valence-corrected chi connectivity index (χ4v) is 1.75. The van der Waals surface area contributed by atoms with E-state index in [0.717, 1.165) is 0 Å². The Balaban J connectivity index is 3.87. The van der Waals surface area contributed by atoms with Gasteiger partial charge in [0.15, 0.2) is 0 Å². The van der Waals surface area contributed by atoms with E-state index in [1.807, 2.05) is 41.5 Å². The number of ether oxygens (including phenoxy) is 4. The lowest BCUT2D eigenvalue weighted by molar-refractivity contribution is -0.156. The first-order chi connectivity index (χ1) is 11.3. The molecule has 6 nitrogen and oxygen atoms in total. The van der Waals surface area contributed by atoms with Gasteiger partial charge in [0.1, 0.15) is 12.2 Å². The molecule has 25 heavy (non-hydrogen) atoms. The molecule has 0 saturated heterocycles. The molecule has 0 aliphatic rings. The van der Waals surface area contributed by atoms with Crippen LogP contribution in [0.1, 0.15) is 74.7 Å². The summed E-state index contributed by atoms with van der Waals surface area (Å²) < 4.78 is 21.6. The molecule has 0 spiro atoms. The summed E-state index contributed by atoms with van der Waals surface area (Å²) in [6.45, 7) is 15.9. The maximum absolute atomic E-state index is 11.7. The minimum absolute atomic E-state index is 0.182. The van der Waals surface area contributed by atoms with Crippen molar-refractivity contribution in [3.05, 3.63) is 0 Å². The largest absolute Gasteiger partial charge is 0.460 e. The van der Waals surface area contributed by atoms with Gasteiger partial charge in [0, 0.05) is 12.8 Å². The van der Waals surface area contributed by atoms with E-state index in [2.05, 4.69) is 0 Å². The van der Waals surface area contributed by atoms with Gasteiger partial charge in [-0.3, -0.25) is 9.59 Å². The van der Waals surface area contributed by atoms with Crippen LogP contribution in [0.2, 0.25) is 0 Å². The minimum Gasteiger partial charge on any atom is -0.460 e. The van der Waals surface area contributed by atoms with Crippen LogP contribution >= 0.6 is 0 Å². The predicted molar refractivity (Wildman–Crippen MR) is 96.4 cm³/mol. The number of esters is 2. The Bertz CT molecular complexity index is 367. The fourth-order valence-electron chi connectivity index (χ4n) is 1.75. The van der Waals surface area contributed by atoms with E-state index < -0.39 is 0 Å². The third-order valence-electron chi connectivity index (χ3n) is 2.93. The van der Waals surface area contributed by atoms with Crippen LogP contribution in [0.25, 0.3) is 0 Å². The molecule has 2 atom stereocenters. The summed E-state index contributed by atoms with van der Waals surface area (Å²) in [5.74, 6) is -0.663. The Hall–Kier alpha value is -1.14. The molecule has 0 aromatic carbocycles. The van der Waals surface area contributed by atoms with E-state index in [-0.39, 0.29) is 48.2 Å². The second kappa shape index (κ2) is 10.8. The first-order valence-corrected chi connectivity index (χ1v) is 8.95. The van der Waals surface area contributed by atoms with Crippen LogP contribution in [0.15, 0.2) is 0 Å². The Morgan fingerprint density at radius 3 is 1.32 bits per heavy atom. The smallest absolute Gasteiger partial charge is 0.306 e. The first kappa shape index (κ1) is 23.9. The van der Waals surface area contributed by atoms with Crippen molar-refractivity contribution in [2.24, 2.45) is 0 Å². The normalized spacial score (nSPS) is 14.7. The second-order valence-corrected chi connectivity index (χ2v) is 8.30. The molecule has 0 radical (unpaired) electrons. The van der Waals surface area contributed by atoms with E-state index in [1.54, 1.807) is 13.8 Å². The van der Waals surface area contributed by atoms with E-state index in [0.29, 0.717) is 19.6 Å². The van der Waals surface area contributed by atoms with Gasteiger partial charge in [0.25, 0.3) is 0 Å². The Morgan fingerprint density at radius 1 is 0.720 bits per heavy atom. The molecule has 6 heteroatoms. The average molecular weight is 360 g/mol. The summed E-state index contributed by atoms with van der Waals surface area (Å²) in [6, 6.07) is 0. The molecule has 148 valence electrons. The molecule has 0 amide bonds. The quantitative estimate of drug-likeness (QED) is 0.554. The van der Waals surface area contributed by atoms with Crippen molar-refractivity contribution in [1.29, 1.82) is 0 Å². The summed E-state index contributed by atoms with van der Waals surface area (Å²) in [5, 5.41) is 0. The standard InChI is InChI=1S/C19H36O6/c1-14(12-22-18(3,4)5)24-16(20)10-9-11-17(21)25-15(2)13-23-19(6,7)8/h14-15H,9-13H2,1-8H3. The summed E-state index contributed by atoms with van der Waals surface area (Å²) in [4.78, 5) is 23.5. The van der Waals surface area contributed by atoms with E-state index >= 15 is 0 Å². The Labute approximate surface area is 152 Å². The highest BCUT2D eigenvalue weighted by Gasteiger charge is 2.17. The van der Waals surface area contributed by atoms with E-state index in [1.165, 1.54) is 0 Å². The van der Waals surface area contributed by atoms with Crippen molar-refractivity contribution >= 4 is 11.9 Å². The SMILES string of the molecule is CC(COC(C)(C)C)OC(=O)CCCC(=O)OC(C)COC(C)(C)C. The summed E-state index contributed by atoms with van der Waals surface area (Å²) in [6.07, 6.45) is 0.141.